The fourth-order valence-electron chi connectivity index (χ4n) is 2.41. The molecule has 0 unspecified atom stereocenters. The van der Waals surface area contributed by atoms with Crippen molar-refractivity contribution in [1.29, 1.82) is 0 Å². The van der Waals surface area contributed by atoms with Crippen molar-refractivity contribution >= 4 is 27.8 Å². The van der Waals surface area contributed by atoms with Crippen LogP contribution >= 0.6 is 0 Å². The summed E-state index contributed by atoms with van der Waals surface area (Å²) < 4.78 is 10.6. The van der Waals surface area contributed by atoms with E-state index in [0.29, 0.717) is 11.1 Å². The Morgan fingerprint density at radius 3 is 2.62 bits per heavy atom. The van der Waals surface area contributed by atoms with Gasteiger partial charge in [-0.15, -0.1) is 5.10 Å². The predicted molar refractivity (Wildman–Crippen MR) is 77.7 cm³/mol. The van der Waals surface area contributed by atoms with E-state index in [2.05, 4.69) is 10.2 Å². The van der Waals surface area contributed by atoms with Crippen molar-refractivity contribution in [2.24, 2.45) is 0 Å². The lowest BCUT2D eigenvalue weighted by Crippen LogP contribution is -1.98. The monoisotopic (exact) mass is 279 g/mol. The average molecular weight is 279 g/mol. The van der Waals surface area contributed by atoms with E-state index >= 15 is 0 Å². The lowest BCUT2D eigenvalue weighted by Gasteiger charge is -2.04. The number of fused-ring (bicyclic) bond motifs is 3. The maximum absolute atomic E-state index is 11.8. The fraction of sp³-hybridized carbons (Fsp3) is 0. The third kappa shape index (κ3) is 1.77. The zero-order chi connectivity index (χ0) is 14.4. The maximum Gasteiger partial charge on any atom is 0.337 e. The van der Waals surface area contributed by atoms with Crippen LogP contribution in [0.1, 0.15) is 0 Å². The molecule has 0 amide bonds. The summed E-state index contributed by atoms with van der Waals surface area (Å²) in [5.74, 6) is 0.195. The molecular formula is C15H9N3O3. The first-order chi connectivity index (χ1) is 10.2. The first kappa shape index (κ1) is 11.7. The number of rotatable bonds is 1. The lowest BCUT2D eigenvalue weighted by molar-refractivity contribution is 0.560. The van der Waals surface area contributed by atoms with Crippen molar-refractivity contribution in [2.75, 3.05) is 5.73 Å². The molecule has 2 N–H and O–H groups in total. The number of benzene rings is 2. The molecule has 0 saturated carbocycles. The average Bonchev–Trinajstić information content (AvgIpc) is 2.93. The molecule has 2 heterocycles. The number of hydrogen-bond acceptors (Lipinski definition) is 6. The zero-order valence-electron chi connectivity index (χ0n) is 10.7. The number of nitrogens with two attached hydrogens (primary N) is 1. The highest BCUT2D eigenvalue weighted by Gasteiger charge is 2.15. The van der Waals surface area contributed by atoms with E-state index in [9.17, 15) is 4.79 Å². The van der Waals surface area contributed by atoms with Crippen LogP contribution in [0.3, 0.4) is 0 Å². The van der Waals surface area contributed by atoms with Gasteiger partial charge in [-0.1, -0.05) is 35.4 Å². The Bertz CT molecular complexity index is 1030. The van der Waals surface area contributed by atoms with Gasteiger partial charge in [-0.25, -0.2) is 4.79 Å². The summed E-state index contributed by atoms with van der Waals surface area (Å²) >= 11 is 0. The lowest BCUT2D eigenvalue weighted by atomic mass is 10.0. The van der Waals surface area contributed by atoms with E-state index in [1.807, 2.05) is 36.4 Å². The van der Waals surface area contributed by atoms with Crippen LogP contribution in [0.15, 0.2) is 56.1 Å². The Labute approximate surface area is 117 Å². The highest BCUT2D eigenvalue weighted by molar-refractivity contribution is 6.07. The molecule has 0 spiro atoms. The van der Waals surface area contributed by atoms with Gasteiger partial charge in [0.1, 0.15) is 5.58 Å². The highest BCUT2D eigenvalue weighted by atomic mass is 16.4. The maximum atomic E-state index is 11.8. The van der Waals surface area contributed by atoms with Crippen LogP contribution in [-0.4, -0.2) is 10.2 Å². The van der Waals surface area contributed by atoms with Gasteiger partial charge >= 0.3 is 11.6 Å². The van der Waals surface area contributed by atoms with Gasteiger partial charge < -0.3 is 14.6 Å². The molecule has 2 aromatic carbocycles. The number of aromatic nitrogens is 2. The second kappa shape index (κ2) is 4.17. The molecule has 0 aliphatic heterocycles. The molecule has 21 heavy (non-hydrogen) atoms. The molecular weight excluding hydrogens is 270 g/mol. The summed E-state index contributed by atoms with van der Waals surface area (Å²) in [5, 5.41) is 10.0. The molecule has 0 saturated heterocycles. The van der Waals surface area contributed by atoms with Gasteiger partial charge in [-0.2, -0.15) is 0 Å². The molecule has 102 valence electrons. The van der Waals surface area contributed by atoms with Crippen molar-refractivity contribution in [3.8, 4) is 11.5 Å². The second-order valence-electron chi connectivity index (χ2n) is 4.59. The molecule has 0 atom stereocenters. The van der Waals surface area contributed by atoms with Crippen LogP contribution in [-0.2, 0) is 0 Å². The number of anilines is 1. The molecule has 0 bridgehead atoms. The summed E-state index contributed by atoms with van der Waals surface area (Å²) in [5.41, 5.74) is 5.97. The van der Waals surface area contributed by atoms with Crippen LogP contribution in [0.2, 0.25) is 0 Å². The van der Waals surface area contributed by atoms with Crippen LogP contribution in [0.4, 0.5) is 6.01 Å². The Hall–Kier alpha value is -3.15. The number of hydrogen-bond donors (Lipinski definition) is 1. The Morgan fingerprint density at radius 1 is 0.952 bits per heavy atom. The van der Waals surface area contributed by atoms with Crippen molar-refractivity contribution in [3.05, 3.63) is 52.9 Å². The summed E-state index contributed by atoms with van der Waals surface area (Å²) in [6, 6.07) is 12.7. The van der Waals surface area contributed by atoms with Gasteiger partial charge in [0.15, 0.2) is 0 Å². The van der Waals surface area contributed by atoms with Gasteiger partial charge in [0.25, 0.3) is 5.89 Å². The van der Waals surface area contributed by atoms with Crippen LogP contribution < -0.4 is 11.4 Å². The number of nitrogen functional groups attached to an aromatic ring is 1. The molecule has 4 aromatic rings. The van der Waals surface area contributed by atoms with E-state index in [1.165, 1.54) is 6.07 Å². The van der Waals surface area contributed by atoms with Crippen molar-refractivity contribution in [2.45, 2.75) is 0 Å². The van der Waals surface area contributed by atoms with Crippen molar-refractivity contribution in [3.63, 3.8) is 0 Å². The normalized spacial score (nSPS) is 11.2. The van der Waals surface area contributed by atoms with Crippen LogP contribution in [0.5, 0.6) is 0 Å². The molecule has 2 aromatic heterocycles. The van der Waals surface area contributed by atoms with E-state index in [1.54, 1.807) is 0 Å². The van der Waals surface area contributed by atoms with E-state index < -0.39 is 5.63 Å². The minimum Gasteiger partial charge on any atom is -0.422 e. The molecule has 0 radical (unpaired) electrons. The quantitative estimate of drug-likeness (QED) is 0.425. The van der Waals surface area contributed by atoms with E-state index in [4.69, 9.17) is 14.6 Å². The molecule has 0 aliphatic rings. The first-order valence-electron chi connectivity index (χ1n) is 6.27. The summed E-state index contributed by atoms with van der Waals surface area (Å²) in [6.45, 7) is 0. The Morgan fingerprint density at radius 2 is 1.81 bits per heavy atom. The largest absolute Gasteiger partial charge is 0.422 e. The SMILES string of the molecule is Nc1nnc(-c2cc(=O)oc3c2ccc2ccccc23)o1. The zero-order valence-corrected chi connectivity index (χ0v) is 10.7. The fourth-order valence-corrected chi connectivity index (χ4v) is 2.41. The molecule has 6 nitrogen and oxygen atoms in total. The predicted octanol–water partition coefficient (Wildman–Crippen LogP) is 2.58. The molecule has 6 heteroatoms. The Balaban J connectivity index is 2.17. The van der Waals surface area contributed by atoms with Crippen molar-refractivity contribution < 1.29 is 8.83 Å². The Kier molecular flexibility index (Phi) is 2.32. The summed E-state index contributed by atoms with van der Waals surface area (Å²) in [6.07, 6.45) is 0. The smallest absolute Gasteiger partial charge is 0.337 e. The van der Waals surface area contributed by atoms with Gasteiger partial charge in [0, 0.05) is 16.8 Å². The van der Waals surface area contributed by atoms with Gasteiger partial charge in [0.2, 0.25) is 0 Å². The van der Waals surface area contributed by atoms with Gasteiger partial charge in [-0.05, 0) is 11.5 Å². The topological polar surface area (TPSA) is 95.2 Å². The standard InChI is InChI=1S/C15H9N3O3/c16-15-18-17-14(21-15)11-7-12(19)20-13-9-4-2-1-3-8(9)5-6-10(11)13/h1-7H,(H2,16,18). The summed E-state index contributed by atoms with van der Waals surface area (Å²) in [4.78, 5) is 11.8. The van der Waals surface area contributed by atoms with Gasteiger partial charge in [-0.3, -0.25) is 0 Å². The van der Waals surface area contributed by atoms with E-state index in [-0.39, 0.29) is 11.9 Å². The molecule has 4 rings (SSSR count). The highest BCUT2D eigenvalue weighted by Crippen LogP contribution is 2.31. The summed E-state index contributed by atoms with van der Waals surface area (Å²) in [7, 11) is 0. The third-order valence-electron chi connectivity index (χ3n) is 3.31. The second-order valence-corrected chi connectivity index (χ2v) is 4.59. The minimum absolute atomic E-state index is 0.0489. The third-order valence-corrected chi connectivity index (χ3v) is 3.31. The van der Waals surface area contributed by atoms with Crippen molar-refractivity contribution in [1.82, 2.24) is 10.2 Å². The van der Waals surface area contributed by atoms with Crippen LogP contribution in [0.25, 0.3) is 33.2 Å². The minimum atomic E-state index is -0.481. The van der Waals surface area contributed by atoms with Crippen LogP contribution in [0, 0.1) is 0 Å². The molecule has 0 aliphatic carbocycles. The number of nitrogens with zero attached hydrogens (tertiary/aromatic N) is 2. The van der Waals surface area contributed by atoms with E-state index in [0.717, 1.165) is 16.2 Å². The first-order valence-corrected chi connectivity index (χ1v) is 6.27. The molecule has 0 fully saturated rings. The van der Waals surface area contributed by atoms with Gasteiger partial charge in [0.05, 0.1) is 5.56 Å².